The summed E-state index contributed by atoms with van der Waals surface area (Å²) < 4.78 is 1.86. The predicted octanol–water partition coefficient (Wildman–Crippen LogP) is 3.64. The van der Waals surface area contributed by atoms with Crippen LogP contribution in [0.5, 0.6) is 0 Å². The van der Waals surface area contributed by atoms with E-state index in [-0.39, 0.29) is 12.1 Å². The first-order chi connectivity index (χ1) is 11.5. The van der Waals surface area contributed by atoms with E-state index >= 15 is 0 Å². The molecule has 2 aromatic heterocycles. The molecule has 1 aromatic carbocycles. The van der Waals surface area contributed by atoms with Gasteiger partial charge in [0.25, 0.3) is 0 Å². The zero-order valence-corrected chi connectivity index (χ0v) is 14.1. The second-order valence-electron chi connectivity index (χ2n) is 6.11. The number of fused-ring (bicyclic) bond motifs is 1. The van der Waals surface area contributed by atoms with Crippen LogP contribution in [-0.2, 0) is 6.54 Å². The summed E-state index contributed by atoms with van der Waals surface area (Å²) in [6, 6.07) is 9.92. The molecule has 0 aliphatic carbocycles. The number of carbonyl (C=O) groups is 1. The van der Waals surface area contributed by atoms with Gasteiger partial charge in [-0.25, -0.2) is 14.5 Å². The highest BCUT2D eigenvalue weighted by Gasteiger charge is 2.09. The third-order valence-electron chi connectivity index (χ3n) is 3.75. The maximum atomic E-state index is 12.0. The number of anilines is 1. The molecular formula is C18H21N5O. The maximum Gasteiger partial charge on any atom is 0.319 e. The van der Waals surface area contributed by atoms with Crippen molar-refractivity contribution < 1.29 is 4.79 Å². The number of hydrogen-bond acceptors (Lipinski definition) is 3. The Morgan fingerprint density at radius 2 is 1.96 bits per heavy atom. The minimum Gasteiger partial charge on any atom is -0.334 e. The zero-order valence-electron chi connectivity index (χ0n) is 14.1. The number of nitrogens with one attached hydrogen (secondary N) is 2. The van der Waals surface area contributed by atoms with Gasteiger partial charge in [-0.05, 0) is 32.4 Å². The van der Waals surface area contributed by atoms with Gasteiger partial charge in [-0.2, -0.15) is 5.10 Å². The summed E-state index contributed by atoms with van der Waals surface area (Å²) in [7, 11) is 0. The molecule has 0 saturated heterocycles. The van der Waals surface area contributed by atoms with E-state index in [1.54, 1.807) is 12.4 Å². The van der Waals surface area contributed by atoms with Gasteiger partial charge in [0.05, 0.1) is 18.1 Å². The summed E-state index contributed by atoms with van der Waals surface area (Å²) in [6.07, 6.45) is 3.41. The van der Waals surface area contributed by atoms with Crippen LogP contribution in [0.15, 0.2) is 42.7 Å². The molecule has 0 aliphatic rings. The first-order valence-electron chi connectivity index (χ1n) is 7.96. The van der Waals surface area contributed by atoms with Gasteiger partial charge in [0.15, 0.2) is 5.65 Å². The van der Waals surface area contributed by atoms with Crippen molar-refractivity contribution in [3.8, 4) is 0 Å². The molecule has 0 bridgehead atoms. The molecule has 6 nitrogen and oxygen atoms in total. The third-order valence-corrected chi connectivity index (χ3v) is 3.75. The summed E-state index contributed by atoms with van der Waals surface area (Å²) in [5, 5.41) is 10.9. The Kier molecular flexibility index (Phi) is 4.46. The summed E-state index contributed by atoms with van der Waals surface area (Å²) in [5.74, 6) is 0. The van der Waals surface area contributed by atoms with Crippen molar-refractivity contribution in [2.24, 2.45) is 0 Å². The Labute approximate surface area is 140 Å². The molecule has 24 heavy (non-hydrogen) atoms. The SMILES string of the molecule is Cc1ccc(CNC(=O)Nc2cnc3c(cnn3C(C)C)c2)cc1. The van der Waals surface area contributed by atoms with Crippen LogP contribution in [0.1, 0.15) is 31.0 Å². The number of urea groups is 1. The van der Waals surface area contributed by atoms with E-state index < -0.39 is 0 Å². The van der Waals surface area contributed by atoms with Gasteiger partial charge in [-0.3, -0.25) is 0 Å². The predicted molar refractivity (Wildman–Crippen MR) is 95.0 cm³/mol. The van der Waals surface area contributed by atoms with Crippen molar-refractivity contribution in [1.82, 2.24) is 20.1 Å². The number of aromatic nitrogens is 3. The molecule has 0 fully saturated rings. The number of pyridine rings is 1. The Morgan fingerprint density at radius 3 is 2.67 bits per heavy atom. The Hall–Kier alpha value is -2.89. The standard InChI is InChI=1S/C18H21N5O/c1-12(2)23-17-15(10-21-23)8-16(11-19-17)22-18(24)20-9-14-6-4-13(3)5-7-14/h4-8,10-12H,9H2,1-3H3,(H2,20,22,24). The smallest absolute Gasteiger partial charge is 0.319 e. The van der Waals surface area contributed by atoms with Crippen molar-refractivity contribution in [2.45, 2.75) is 33.4 Å². The molecule has 0 atom stereocenters. The van der Waals surface area contributed by atoms with Crippen LogP contribution in [0.2, 0.25) is 0 Å². The van der Waals surface area contributed by atoms with Gasteiger partial charge in [-0.1, -0.05) is 29.8 Å². The second-order valence-corrected chi connectivity index (χ2v) is 6.11. The number of aryl methyl sites for hydroxylation is 1. The third kappa shape index (κ3) is 3.53. The van der Waals surface area contributed by atoms with E-state index in [0.717, 1.165) is 16.6 Å². The Morgan fingerprint density at radius 1 is 1.21 bits per heavy atom. The van der Waals surface area contributed by atoms with Gasteiger partial charge in [-0.15, -0.1) is 0 Å². The lowest BCUT2D eigenvalue weighted by Gasteiger charge is -2.09. The summed E-state index contributed by atoms with van der Waals surface area (Å²) in [4.78, 5) is 16.4. The van der Waals surface area contributed by atoms with Crippen LogP contribution < -0.4 is 10.6 Å². The van der Waals surface area contributed by atoms with Gasteiger partial charge < -0.3 is 10.6 Å². The molecule has 0 radical (unpaired) electrons. The molecule has 2 heterocycles. The van der Waals surface area contributed by atoms with Crippen molar-refractivity contribution in [3.05, 3.63) is 53.9 Å². The molecule has 2 amide bonds. The van der Waals surface area contributed by atoms with Crippen molar-refractivity contribution in [2.75, 3.05) is 5.32 Å². The van der Waals surface area contributed by atoms with E-state index in [0.29, 0.717) is 12.2 Å². The normalized spacial score (nSPS) is 11.0. The minimum atomic E-state index is -0.257. The van der Waals surface area contributed by atoms with E-state index in [1.165, 1.54) is 5.56 Å². The molecule has 0 unspecified atom stereocenters. The molecular weight excluding hydrogens is 302 g/mol. The lowest BCUT2D eigenvalue weighted by atomic mass is 10.1. The first kappa shape index (κ1) is 16.0. The van der Waals surface area contributed by atoms with Crippen LogP contribution in [-0.4, -0.2) is 20.8 Å². The van der Waals surface area contributed by atoms with Crippen LogP contribution in [0.4, 0.5) is 10.5 Å². The molecule has 124 valence electrons. The van der Waals surface area contributed by atoms with Gasteiger partial charge in [0.1, 0.15) is 0 Å². The van der Waals surface area contributed by atoms with Crippen LogP contribution in [0.3, 0.4) is 0 Å². The highest BCUT2D eigenvalue weighted by atomic mass is 16.2. The number of amides is 2. The second kappa shape index (κ2) is 6.70. The number of hydrogen-bond donors (Lipinski definition) is 2. The van der Waals surface area contributed by atoms with E-state index in [9.17, 15) is 4.79 Å². The Bertz CT molecular complexity index is 851. The number of benzene rings is 1. The fraction of sp³-hybridized carbons (Fsp3) is 0.278. The highest BCUT2D eigenvalue weighted by Crippen LogP contribution is 2.18. The first-order valence-corrected chi connectivity index (χ1v) is 7.96. The van der Waals surface area contributed by atoms with Crippen molar-refractivity contribution >= 4 is 22.8 Å². The van der Waals surface area contributed by atoms with Crippen LogP contribution in [0, 0.1) is 6.92 Å². The fourth-order valence-corrected chi connectivity index (χ4v) is 2.45. The van der Waals surface area contributed by atoms with Gasteiger partial charge in [0.2, 0.25) is 0 Å². The zero-order chi connectivity index (χ0) is 17.1. The van der Waals surface area contributed by atoms with E-state index in [1.807, 2.05) is 41.9 Å². The van der Waals surface area contributed by atoms with Crippen molar-refractivity contribution in [3.63, 3.8) is 0 Å². The molecule has 0 aliphatic heterocycles. The molecule has 3 aromatic rings. The molecule has 2 N–H and O–H groups in total. The van der Waals surface area contributed by atoms with Gasteiger partial charge in [0, 0.05) is 18.0 Å². The lowest BCUT2D eigenvalue weighted by molar-refractivity contribution is 0.251. The molecule has 0 spiro atoms. The monoisotopic (exact) mass is 323 g/mol. The van der Waals surface area contributed by atoms with E-state index in [2.05, 4.69) is 34.6 Å². The van der Waals surface area contributed by atoms with Crippen molar-refractivity contribution in [1.29, 1.82) is 0 Å². The molecule has 3 rings (SSSR count). The maximum absolute atomic E-state index is 12.0. The average molecular weight is 323 g/mol. The fourth-order valence-electron chi connectivity index (χ4n) is 2.45. The van der Waals surface area contributed by atoms with Gasteiger partial charge >= 0.3 is 6.03 Å². The quantitative estimate of drug-likeness (QED) is 0.770. The van der Waals surface area contributed by atoms with Crippen LogP contribution in [0.25, 0.3) is 11.0 Å². The summed E-state index contributed by atoms with van der Waals surface area (Å²) in [5.41, 5.74) is 3.72. The van der Waals surface area contributed by atoms with Crippen LogP contribution >= 0.6 is 0 Å². The summed E-state index contributed by atoms with van der Waals surface area (Å²) in [6.45, 7) is 6.62. The lowest BCUT2D eigenvalue weighted by Crippen LogP contribution is -2.28. The number of carbonyl (C=O) groups excluding carboxylic acids is 1. The highest BCUT2D eigenvalue weighted by molar-refractivity contribution is 5.91. The molecule has 6 heteroatoms. The Balaban J connectivity index is 1.63. The molecule has 0 saturated carbocycles. The largest absolute Gasteiger partial charge is 0.334 e. The average Bonchev–Trinajstić information content (AvgIpc) is 2.97. The topological polar surface area (TPSA) is 71.8 Å². The number of nitrogens with zero attached hydrogens (tertiary/aromatic N) is 3. The minimum absolute atomic E-state index is 0.242. The van der Waals surface area contributed by atoms with E-state index in [4.69, 9.17) is 0 Å². The number of rotatable bonds is 4. The summed E-state index contributed by atoms with van der Waals surface area (Å²) >= 11 is 0.